The molecule has 6 aromatic carbocycles. The van der Waals surface area contributed by atoms with Crippen LogP contribution in [-0.2, 0) is 0 Å². The number of anilines is 1. The van der Waals surface area contributed by atoms with E-state index in [9.17, 15) is 0 Å². The van der Waals surface area contributed by atoms with Crippen molar-refractivity contribution in [3.63, 3.8) is 0 Å². The Bertz CT molecular complexity index is 2420. The molecule has 0 saturated carbocycles. The topological polar surface area (TPSA) is 48.2 Å². The summed E-state index contributed by atoms with van der Waals surface area (Å²) in [7, 11) is 0. The molecule has 8 rings (SSSR count). The quantitative estimate of drug-likeness (QED) is 0.136. The lowest BCUT2D eigenvalue weighted by atomic mass is 9.99. The fraction of sp³-hybridized carbons (Fsp3) is 0. The molecule has 0 unspecified atom stereocenters. The first-order chi connectivity index (χ1) is 22.3. The Kier molecular flexibility index (Phi) is 7.03. The van der Waals surface area contributed by atoms with Gasteiger partial charge in [0.1, 0.15) is 0 Å². The van der Waals surface area contributed by atoms with Crippen molar-refractivity contribution in [1.82, 2.24) is 0 Å². The van der Waals surface area contributed by atoms with Gasteiger partial charge in [0.2, 0.25) is 0 Å². The van der Waals surface area contributed by atoms with E-state index < -0.39 is 0 Å². The highest BCUT2D eigenvalue weighted by Crippen LogP contribution is 2.46. The van der Waals surface area contributed by atoms with Crippen LogP contribution in [0.5, 0.6) is 0 Å². The molecule has 2 N–H and O–H groups in total. The molecule has 5 heteroatoms. The predicted molar refractivity (Wildman–Crippen MR) is 198 cm³/mol. The summed E-state index contributed by atoms with van der Waals surface area (Å²) >= 11 is 3.61. The van der Waals surface area contributed by atoms with Gasteiger partial charge in [0.15, 0.2) is 0 Å². The van der Waals surface area contributed by atoms with Crippen molar-refractivity contribution in [2.45, 2.75) is 0 Å². The van der Waals surface area contributed by atoms with E-state index in [0.29, 0.717) is 0 Å². The minimum atomic E-state index is 0.742. The average Bonchev–Trinajstić information content (AvgIpc) is 3.67. The highest BCUT2D eigenvalue weighted by Gasteiger charge is 2.17. The summed E-state index contributed by atoms with van der Waals surface area (Å²) in [6, 6.07) is 47.0. The van der Waals surface area contributed by atoms with E-state index >= 15 is 0 Å². The second-order valence-corrected chi connectivity index (χ2v) is 12.9. The number of benzene rings is 6. The van der Waals surface area contributed by atoms with Crippen LogP contribution < -0.4 is 5.32 Å². The fourth-order valence-electron chi connectivity index (χ4n) is 6.12. The van der Waals surface area contributed by atoms with E-state index in [4.69, 9.17) is 10.4 Å². The molecule has 0 atom stereocenters. The zero-order valence-corrected chi connectivity index (χ0v) is 25.8. The number of thiophene rings is 2. The van der Waals surface area contributed by atoms with E-state index in [1.54, 1.807) is 23.8 Å². The molecule has 0 bridgehead atoms. The summed E-state index contributed by atoms with van der Waals surface area (Å²) in [6.45, 7) is 0. The van der Waals surface area contributed by atoms with E-state index in [1.165, 1.54) is 57.7 Å². The first-order valence-corrected chi connectivity index (χ1v) is 16.4. The van der Waals surface area contributed by atoms with Crippen LogP contribution >= 0.6 is 22.7 Å². The molecular weight excluding hydrogens is 587 g/mol. The van der Waals surface area contributed by atoms with Crippen molar-refractivity contribution in [3.8, 4) is 22.3 Å². The lowest BCUT2D eigenvalue weighted by Gasteiger charge is -2.11. The fourth-order valence-corrected chi connectivity index (χ4v) is 8.75. The van der Waals surface area contributed by atoms with E-state index in [1.807, 2.05) is 11.3 Å². The van der Waals surface area contributed by atoms with Crippen molar-refractivity contribution in [3.05, 3.63) is 145 Å². The van der Waals surface area contributed by atoms with Gasteiger partial charge in [-0.25, -0.2) is 4.99 Å². The van der Waals surface area contributed by atoms with Gasteiger partial charge in [-0.15, -0.1) is 22.7 Å². The Hall–Kier alpha value is -5.36. The number of aliphatic imine (C=N–C) groups is 1. The third-order valence-corrected chi connectivity index (χ3v) is 10.7. The maximum atomic E-state index is 7.88. The zero-order valence-electron chi connectivity index (χ0n) is 24.2. The molecule has 0 aliphatic rings. The smallest absolute Gasteiger partial charge is 0.0930 e. The van der Waals surface area contributed by atoms with Gasteiger partial charge < -0.3 is 10.7 Å². The summed E-state index contributed by atoms with van der Waals surface area (Å²) in [5.74, 6) is 0. The predicted octanol–water partition coefficient (Wildman–Crippen LogP) is 11.9. The van der Waals surface area contributed by atoms with Crippen LogP contribution in [0.1, 0.15) is 5.56 Å². The Balaban J connectivity index is 1.24. The molecular formula is C40H27N3S2. The molecule has 45 heavy (non-hydrogen) atoms. The van der Waals surface area contributed by atoms with Crippen molar-refractivity contribution in [1.29, 1.82) is 5.41 Å². The van der Waals surface area contributed by atoms with Crippen LogP contribution in [0.25, 0.3) is 68.3 Å². The number of nitrogens with zero attached hydrogens (tertiary/aromatic N) is 1. The number of hydrogen-bond acceptors (Lipinski definition) is 4. The molecule has 0 amide bonds. The van der Waals surface area contributed by atoms with E-state index in [0.717, 1.165) is 28.1 Å². The zero-order chi connectivity index (χ0) is 30.2. The average molecular weight is 614 g/mol. The summed E-state index contributed by atoms with van der Waals surface area (Å²) in [5, 5.41) is 16.4. The standard InChI is InChI=1S/C40H27N3S2/c41-24-23-34(33-19-10-17-30-29-15-7-8-20-36(29)44-39(30)33)42-25-43-35-22-21-32-31-18-9-16-28(26-11-3-1-4-12-26)38(31)45-40(32)37(35)27-13-5-2-6-14-27/h1-25,41H,(H,42,43)/b34-23-,41-24?. The second kappa shape index (κ2) is 11.6. The Morgan fingerprint density at radius 1 is 0.578 bits per heavy atom. The molecule has 0 spiro atoms. The number of hydrogen-bond donors (Lipinski definition) is 2. The number of allylic oxidation sites excluding steroid dienone is 1. The van der Waals surface area contributed by atoms with Gasteiger partial charge >= 0.3 is 0 Å². The molecule has 0 aliphatic heterocycles. The Labute approximate surface area is 269 Å². The lowest BCUT2D eigenvalue weighted by molar-refractivity contribution is 1.53. The third-order valence-electron chi connectivity index (χ3n) is 8.16. The molecule has 0 aliphatic carbocycles. The molecule has 0 saturated heterocycles. The molecule has 3 nitrogen and oxygen atoms in total. The molecule has 0 fully saturated rings. The van der Waals surface area contributed by atoms with Gasteiger partial charge in [-0.3, -0.25) is 0 Å². The minimum absolute atomic E-state index is 0.742. The molecule has 8 aromatic rings. The number of rotatable bonds is 7. The number of nitrogens with one attached hydrogen (secondary N) is 2. The van der Waals surface area contributed by atoms with Gasteiger partial charge in [-0.1, -0.05) is 121 Å². The molecule has 2 aromatic heterocycles. The summed E-state index contributed by atoms with van der Waals surface area (Å²) in [4.78, 5) is 4.89. The van der Waals surface area contributed by atoms with Gasteiger partial charge in [0, 0.05) is 63.4 Å². The van der Waals surface area contributed by atoms with Crippen LogP contribution in [0.15, 0.2) is 145 Å². The van der Waals surface area contributed by atoms with Crippen LogP contribution in [0, 0.1) is 5.41 Å². The van der Waals surface area contributed by atoms with Crippen molar-refractivity contribution in [2.75, 3.05) is 5.32 Å². The van der Waals surface area contributed by atoms with Crippen LogP contribution in [0.2, 0.25) is 0 Å². The van der Waals surface area contributed by atoms with E-state index in [2.05, 4.69) is 139 Å². The van der Waals surface area contributed by atoms with Crippen molar-refractivity contribution < 1.29 is 0 Å². The molecule has 2 heterocycles. The normalized spacial score (nSPS) is 12.1. The highest BCUT2D eigenvalue weighted by atomic mass is 32.1. The van der Waals surface area contributed by atoms with Gasteiger partial charge in [-0.05, 0) is 34.9 Å². The summed E-state index contributed by atoms with van der Waals surface area (Å²) in [5.41, 5.74) is 7.53. The maximum Gasteiger partial charge on any atom is 0.0930 e. The monoisotopic (exact) mass is 613 g/mol. The number of fused-ring (bicyclic) bond motifs is 6. The van der Waals surface area contributed by atoms with Crippen LogP contribution in [0.4, 0.5) is 5.69 Å². The minimum Gasteiger partial charge on any atom is -0.346 e. The van der Waals surface area contributed by atoms with Crippen molar-refractivity contribution >= 4 is 87.0 Å². The summed E-state index contributed by atoms with van der Waals surface area (Å²) < 4.78 is 4.95. The molecule has 0 radical (unpaired) electrons. The Morgan fingerprint density at radius 3 is 2.04 bits per heavy atom. The summed E-state index contributed by atoms with van der Waals surface area (Å²) in [6.07, 6.45) is 4.83. The molecule has 214 valence electrons. The van der Waals surface area contributed by atoms with Crippen LogP contribution in [-0.4, -0.2) is 12.6 Å². The highest BCUT2D eigenvalue weighted by molar-refractivity contribution is 7.27. The van der Waals surface area contributed by atoms with Gasteiger partial charge in [-0.2, -0.15) is 0 Å². The third kappa shape index (κ3) is 4.83. The van der Waals surface area contributed by atoms with Crippen LogP contribution in [0.3, 0.4) is 0 Å². The van der Waals surface area contributed by atoms with Crippen molar-refractivity contribution in [2.24, 2.45) is 4.99 Å². The van der Waals surface area contributed by atoms with Gasteiger partial charge in [0.25, 0.3) is 0 Å². The maximum absolute atomic E-state index is 7.88. The van der Waals surface area contributed by atoms with Gasteiger partial charge in [0.05, 0.1) is 12.0 Å². The lowest BCUT2D eigenvalue weighted by Crippen LogP contribution is -1.98. The second-order valence-electron chi connectivity index (χ2n) is 10.8. The largest absolute Gasteiger partial charge is 0.346 e. The first-order valence-electron chi connectivity index (χ1n) is 14.8. The first kappa shape index (κ1) is 27.2. The SMILES string of the molecule is N=C/C=C(\N=C\Nc1ccc2c(sc3c(-c4ccccc4)cccc32)c1-c1ccccc1)c1cccc2c1sc1ccccc12. The Morgan fingerprint density at radius 2 is 1.24 bits per heavy atom. The van der Waals surface area contributed by atoms with E-state index in [-0.39, 0.29) is 0 Å².